The molecule has 0 aliphatic rings. The largest absolute Gasteiger partial charge is 0.481 e. The van der Waals surface area contributed by atoms with Crippen LogP contribution in [0.5, 0.6) is 5.75 Å². The van der Waals surface area contributed by atoms with Crippen molar-refractivity contribution < 1.29 is 18.7 Å². The Labute approximate surface area is 161 Å². The van der Waals surface area contributed by atoms with Gasteiger partial charge in [0.05, 0.1) is 11.3 Å². The van der Waals surface area contributed by atoms with Gasteiger partial charge >= 0.3 is 0 Å². The molecule has 0 aliphatic heterocycles. The number of nitrogens with one attached hydrogen (secondary N) is 2. The van der Waals surface area contributed by atoms with Crippen LogP contribution < -0.4 is 15.4 Å². The summed E-state index contributed by atoms with van der Waals surface area (Å²) in [5.41, 5.74) is 1.51. The first-order chi connectivity index (χ1) is 13.6. The van der Waals surface area contributed by atoms with Crippen molar-refractivity contribution in [3.05, 3.63) is 90.0 Å². The highest BCUT2D eigenvalue weighted by atomic mass is 19.1. The van der Waals surface area contributed by atoms with E-state index < -0.39 is 11.7 Å². The summed E-state index contributed by atoms with van der Waals surface area (Å²) in [6, 6.07) is 16.1. The van der Waals surface area contributed by atoms with Crippen LogP contribution in [0.15, 0.2) is 73.1 Å². The maximum atomic E-state index is 13.5. The number of carbonyl (C=O) groups is 2. The normalized spacial score (nSPS) is 10.2. The van der Waals surface area contributed by atoms with Crippen LogP contribution in [-0.4, -0.2) is 23.4 Å². The SMILES string of the molecule is O=C(COc1ccccc1F)Nc1ccccc1C(=O)NCc1cccnc1. The summed E-state index contributed by atoms with van der Waals surface area (Å²) in [5.74, 6) is -1.41. The van der Waals surface area contributed by atoms with Gasteiger partial charge in [-0.05, 0) is 35.9 Å². The number of carbonyl (C=O) groups excluding carboxylic acids is 2. The molecule has 142 valence electrons. The molecule has 3 aromatic rings. The molecule has 0 unspecified atom stereocenters. The Balaban J connectivity index is 1.60. The molecule has 3 rings (SSSR count). The van der Waals surface area contributed by atoms with E-state index in [-0.39, 0.29) is 18.3 Å². The zero-order valence-electron chi connectivity index (χ0n) is 14.9. The van der Waals surface area contributed by atoms with Gasteiger partial charge in [-0.25, -0.2) is 4.39 Å². The van der Waals surface area contributed by atoms with E-state index in [0.29, 0.717) is 17.8 Å². The van der Waals surface area contributed by atoms with E-state index in [4.69, 9.17) is 4.74 Å². The molecule has 0 saturated carbocycles. The average molecular weight is 379 g/mol. The zero-order chi connectivity index (χ0) is 19.8. The van der Waals surface area contributed by atoms with Crippen molar-refractivity contribution in [3.8, 4) is 5.75 Å². The molecule has 0 radical (unpaired) electrons. The Morgan fingerprint density at radius 2 is 1.79 bits per heavy atom. The minimum atomic E-state index is -0.550. The highest BCUT2D eigenvalue weighted by molar-refractivity contribution is 6.04. The Hall–Kier alpha value is -3.74. The lowest BCUT2D eigenvalue weighted by Crippen LogP contribution is -2.26. The highest BCUT2D eigenvalue weighted by Gasteiger charge is 2.14. The van der Waals surface area contributed by atoms with Crippen molar-refractivity contribution in [2.45, 2.75) is 6.54 Å². The van der Waals surface area contributed by atoms with Crippen molar-refractivity contribution in [2.24, 2.45) is 0 Å². The maximum Gasteiger partial charge on any atom is 0.262 e. The fraction of sp³-hybridized carbons (Fsp3) is 0.0952. The van der Waals surface area contributed by atoms with Crippen LogP contribution in [0.1, 0.15) is 15.9 Å². The molecular formula is C21H18FN3O3. The average Bonchev–Trinajstić information content (AvgIpc) is 2.72. The van der Waals surface area contributed by atoms with E-state index in [1.54, 1.807) is 48.8 Å². The van der Waals surface area contributed by atoms with E-state index in [0.717, 1.165) is 5.56 Å². The van der Waals surface area contributed by atoms with Gasteiger partial charge in [0.25, 0.3) is 11.8 Å². The van der Waals surface area contributed by atoms with Gasteiger partial charge in [-0.1, -0.05) is 30.3 Å². The van der Waals surface area contributed by atoms with Crippen LogP contribution in [0.25, 0.3) is 0 Å². The number of amides is 2. The van der Waals surface area contributed by atoms with Crippen LogP contribution in [-0.2, 0) is 11.3 Å². The highest BCUT2D eigenvalue weighted by Crippen LogP contribution is 2.17. The lowest BCUT2D eigenvalue weighted by atomic mass is 10.1. The second-order valence-corrected chi connectivity index (χ2v) is 5.86. The lowest BCUT2D eigenvalue weighted by molar-refractivity contribution is -0.118. The first kappa shape index (κ1) is 19.0. The Kier molecular flexibility index (Phi) is 6.30. The van der Waals surface area contributed by atoms with Gasteiger partial charge in [-0.3, -0.25) is 14.6 Å². The maximum absolute atomic E-state index is 13.5. The molecule has 1 aromatic heterocycles. The minimum absolute atomic E-state index is 0.0138. The molecule has 0 spiro atoms. The number of rotatable bonds is 7. The summed E-state index contributed by atoms with van der Waals surface area (Å²) in [6.45, 7) is -0.0715. The Morgan fingerprint density at radius 3 is 2.57 bits per heavy atom. The Bertz CT molecular complexity index is 964. The molecule has 1 heterocycles. The predicted molar refractivity (Wildman–Crippen MR) is 102 cm³/mol. The molecule has 0 bridgehead atoms. The van der Waals surface area contributed by atoms with Crippen molar-refractivity contribution in [1.82, 2.24) is 10.3 Å². The van der Waals surface area contributed by atoms with E-state index in [1.165, 1.54) is 18.2 Å². The quantitative estimate of drug-likeness (QED) is 0.661. The van der Waals surface area contributed by atoms with Crippen LogP contribution in [0.4, 0.5) is 10.1 Å². The second-order valence-electron chi connectivity index (χ2n) is 5.86. The minimum Gasteiger partial charge on any atom is -0.481 e. The van der Waals surface area contributed by atoms with Crippen LogP contribution in [0.2, 0.25) is 0 Å². The number of benzene rings is 2. The number of hydrogen-bond donors (Lipinski definition) is 2. The second kappa shape index (κ2) is 9.27. The van der Waals surface area contributed by atoms with Crippen LogP contribution in [0, 0.1) is 5.82 Å². The molecule has 28 heavy (non-hydrogen) atoms. The van der Waals surface area contributed by atoms with Gasteiger partial charge in [-0.2, -0.15) is 0 Å². The number of nitrogens with zero attached hydrogens (tertiary/aromatic N) is 1. The number of halogens is 1. The molecule has 7 heteroatoms. The van der Waals surface area contributed by atoms with E-state index in [1.807, 2.05) is 6.07 Å². The molecule has 0 atom stereocenters. The first-order valence-electron chi connectivity index (χ1n) is 8.57. The monoisotopic (exact) mass is 379 g/mol. The third-order valence-electron chi connectivity index (χ3n) is 3.82. The van der Waals surface area contributed by atoms with Crippen molar-refractivity contribution in [3.63, 3.8) is 0 Å². The zero-order valence-corrected chi connectivity index (χ0v) is 14.9. The number of pyridine rings is 1. The predicted octanol–water partition coefficient (Wildman–Crippen LogP) is 3.17. The molecule has 6 nitrogen and oxygen atoms in total. The molecule has 0 saturated heterocycles. The van der Waals surface area contributed by atoms with Crippen molar-refractivity contribution in [2.75, 3.05) is 11.9 Å². The summed E-state index contributed by atoms with van der Waals surface area (Å²) >= 11 is 0. The first-order valence-corrected chi connectivity index (χ1v) is 8.57. The summed E-state index contributed by atoms with van der Waals surface area (Å²) in [6.07, 6.45) is 3.31. The van der Waals surface area contributed by atoms with Gasteiger partial charge < -0.3 is 15.4 Å². The topological polar surface area (TPSA) is 80.3 Å². The van der Waals surface area contributed by atoms with Crippen LogP contribution in [0.3, 0.4) is 0 Å². The third kappa shape index (κ3) is 5.14. The molecular weight excluding hydrogens is 361 g/mol. The summed E-state index contributed by atoms with van der Waals surface area (Å²) in [7, 11) is 0. The summed E-state index contributed by atoms with van der Waals surface area (Å²) < 4.78 is 18.7. The third-order valence-corrected chi connectivity index (χ3v) is 3.82. The van der Waals surface area contributed by atoms with Crippen LogP contribution >= 0.6 is 0 Å². The number of ether oxygens (including phenoxy) is 1. The lowest BCUT2D eigenvalue weighted by Gasteiger charge is -2.12. The number of hydrogen-bond acceptors (Lipinski definition) is 4. The molecule has 0 fully saturated rings. The van der Waals surface area contributed by atoms with Gasteiger partial charge in [0.1, 0.15) is 0 Å². The van der Waals surface area contributed by atoms with Gasteiger partial charge in [0, 0.05) is 18.9 Å². The molecule has 2 amide bonds. The number of para-hydroxylation sites is 2. The molecule has 0 aliphatic carbocycles. The van der Waals surface area contributed by atoms with Gasteiger partial charge in [-0.15, -0.1) is 0 Å². The number of anilines is 1. The van der Waals surface area contributed by atoms with E-state index >= 15 is 0 Å². The van der Waals surface area contributed by atoms with Crippen molar-refractivity contribution >= 4 is 17.5 Å². The number of aromatic nitrogens is 1. The fourth-order valence-corrected chi connectivity index (χ4v) is 2.46. The van der Waals surface area contributed by atoms with E-state index in [2.05, 4.69) is 15.6 Å². The Morgan fingerprint density at radius 1 is 1.00 bits per heavy atom. The fourth-order valence-electron chi connectivity index (χ4n) is 2.46. The van der Waals surface area contributed by atoms with Crippen molar-refractivity contribution in [1.29, 1.82) is 0 Å². The molecule has 2 aromatic carbocycles. The van der Waals surface area contributed by atoms with Gasteiger partial charge in [0.2, 0.25) is 0 Å². The summed E-state index contributed by atoms with van der Waals surface area (Å²) in [5, 5.41) is 5.40. The standard InChI is InChI=1S/C21H18FN3O3/c22-17-8-2-4-10-19(17)28-14-20(26)25-18-9-3-1-7-16(18)21(27)24-13-15-6-5-11-23-12-15/h1-12H,13-14H2,(H,24,27)(H,25,26). The smallest absolute Gasteiger partial charge is 0.262 e. The van der Waals surface area contributed by atoms with E-state index in [9.17, 15) is 14.0 Å². The summed E-state index contributed by atoms with van der Waals surface area (Å²) in [4.78, 5) is 28.6. The van der Waals surface area contributed by atoms with Gasteiger partial charge in [0.15, 0.2) is 18.2 Å². The molecule has 2 N–H and O–H groups in total.